The van der Waals surface area contributed by atoms with Crippen molar-refractivity contribution in [1.82, 2.24) is 4.98 Å². The van der Waals surface area contributed by atoms with Crippen LogP contribution >= 0.6 is 11.6 Å². The summed E-state index contributed by atoms with van der Waals surface area (Å²) < 4.78 is 30.9. The molecule has 0 amide bonds. The Bertz CT molecular complexity index is 310. The van der Waals surface area contributed by atoms with E-state index in [1.165, 1.54) is 19.2 Å². The molecule has 0 aliphatic carbocycles. The molecule has 0 saturated carbocycles. The molecule has 78 valence electrons. The molecule has 0 spiro atoms. The van der Waals surface area contributed by atoms with Gasteiger partial charge in [0.25, 0.3) is 0 Å². The molecular weight excluding hydrogens is 212 g/mol. The fourth-order valence-electron chi connectivity index (χ4n) is 1.07. The number of nitrogens with zero attached hydrogens (tertiary/aromatic N) is 1. The lowest BCUT2D eigenvalue weighted by molar-refractivity contribution is -0.0731. The second kappa shape index (κ2) is 4.19. The van der Waals surface area contributed by atoms with E-state index in [2.05, 4.69) is 9.72 Å². The molecule has 0 aliphatic rings. The number of halogens is 3. The molecular formula is C9H10ClF2NO. The predicted molar refractivity (Wildman–Crippen MR) is 49.8 cm³/mol. The number of pyridine rings is 1. The van der Waals surface area contributed by atoms with Gasteiger partial charge in [0.15, 0.2) is 0 Å². The smallest absolute Gasteiger partial charge is 0.312 e. The van der Waals surface area contributed by atoms with Crippen molar-refractivity contribution in [2.45, 2.75) is 12.8 Å². The average molecular weight is 222 g/mol. The molecule has 5 heteroatoms. The van der Waals surface area contributed by atoms with Crippen molar-refractivity contribution < 1.29 is 13.5 Å². The first-order valence-electron chi connectivity index (χ1n) is 3.97. The fourth-order valence-corrected chi connectivity index (χ4v) is 1.33. The number of rotatable bonds is 3. The first-order chi connectivity index (χ1) is 6.45. The Balaban J connectivity index is 3.05. The lowest BCUT2D eigenvalue weighted by Crippen LogP contribution is -2.21. The highest BCUT2D eigenvalue weighted by Gasteiger charge is 2.33. The average Bonchev–Trinajstić information content (AvgIpc) is 2.02. The Morgan fingerprint density at radius 3 is 2.64 bits per heavy atom. The van der Waals surface area contributed by atoms with Crippen LogP contribution in [0.3, 0.4) is 0 Å². The van der Waals surface area contributed by atoms with Gasteiger partial charge in [-0.15, -0.1) is 0 Å². The third kappa shape index (κ3) is 2.62. The number of methoxy groups -OCH3 is 1. The zero-order valence-electron chi connectivity index (χ0n) is 7.85. The first-order valence-corrected chi connectivity index (χ1v) is 4.35. The van der Waals surface area contributed by atoms with Gasteiger partial charge in [-0.25, -0.2) is 4.98 Å². The van der Waals surface area contributed by atoms with Crippen LogP contribution in [-0.4, -0.2) is 18.7 Å². The van der Waals surface area contributed by atoms with Gasteiger partial charge in [0.2, 0.25) is 0 Å². The minimum absolute atomic E-state index is 0.0655. The van der Waals surface area contributed by atoms with E-state index in [9.17, 15) is 8.78 Å². The van der Waals surface area contributed by atoms with E-state index in [1.54, 1.807) is 6.92 Å². The Labute approximate surface area is 85.9 Å². The van der Waals surface area contributed by atoms with Crippen molar-refractivity contribution in [1.29, 1.82) is 0 Å². The molecule has 0 unspecified atom stereocenters. The van der Waals surface area contributed by atoms with Crippen molar-refractivity contribution in [3.8, 4) is 0 Å². The third-order valence-electron chi connectivity index (χ3n) is 1.64. The second-order valence-corrected chi connectivity index (χ2v) is 3.38. The van der Waals surface area contributed by atoms with Crippen LogP contribution in [0, 0.1) is 6.92 Å². The standard InChI is InChI=1S/C9H10ClF2NO/c1-6-3-7(13-8(10)4-6)9(11,12)5-14-2/h3-4H,5H2,1-2H3. The van der Waals surface area contributed by atoms with Crippen LogP contribution in [0.2, 0.25) is 5.15 Å². The summed E-state index contributed by atoms with van der Waals surface area (Å²) in [6.07, 6.45) is 0. The highest BCUT2D eigenvalue weighted by atomic mass is 35.5. The minimum Gasteiger partial charge on any atom is -0.378 e. The Kier molecular flexibility index (Phi) is 3.39. The maximum atomic E-state index is 13.3. The normalized spacial score (nSPS) is 11.8. The predicted octanol–water partition coefficient (Wildman–Crippen LogP) is 2.78. The van der Waals surface area contributed by atoms with Crippen LogP contribution in [0.4, 0.5) is 8.78 Å². The number of aryl methyl sites for hydroxylation is 1. The monoisotopic (exact) mass is 221 g/mol. The van der Waals surface area contributed by atoms with Crippen molar-refractivity contribution >= 4 is 11.6 Å². The van der Waals surface area contributed by atoms with E-state index < -0.39 is 12.5 Å². The van der Waals surface area contributed by atoms with Gasteiger partial charge in [0.1, 0.15) is 17.5 Å². The highest BCUT2D eigenvalue weighted by molar-refractivity contribution is 6.29. The van der Waals surface area contributed by atoms with Crippen LogP contribution < -0.4 is 0 Å². The van der Waals surface area contributed by atoms with Crippen molar-refractivity contribution in [3.05, 3.63) is 28.5 Å². The van der Waals surface area contributed by atoms with Gasteiger partial charge in [0.05, 0.1) is 0 Å². The maximum Gasteiger partial charge on any atom is 0.312 e. The lowest BCUT2D eigenvalue weighted by Gasteiger charge is -2.15. The largest absolute Gasteiger partial charge is 0.378 e. The van der Waals surface area contributed by atoms with Crippen LogP contribution in [0.1, 0.15) is 11.3 Å². The molecule has 0 aromatic carbocycles. The zero-order valence-corrected chi connectivity index (χ0v) is 8.61. The zero-order chi connectivity index (χ0) is 10.8. The van der Waals surface area contributed by atoms with E-state index in [-0.39, 0.29) is 10.8 Å². The molecule has 0 atom stereocenters. The summed E-state index contributed by atoms with van der Waals surface area (Å²) in [6, 6.07) is 2.82. The van der Waals surface area contributed by atoms with Crippen molar-refractivity contribution in [2.24, 2.45) is 0 Å². The fraction of sp³-hybridized carbons (Fsp3) is 0.444. The molecule has 0 radical (unpaired) electrons. The van der Waals surface area contributed by atoms with Gasteiger partial charge in [-0.05, 0) is 24.6 Å². The minimum atomic E-state index is -3.09. The summed E-state index contributed by atoms with van der Waals surface area (Å²) in [7, 11) is 1.21. The summed E-state index contributed by atoms with van der Waals surface area (Å²) in [5, 5.41) is 0.0655. The second-order valence-electron chi connectivity index (χ2n) is 2.99. The summed E-state index contributed by atoms with van der Waals surface area (Å²) >= 11 is 5.57. The quantitative estimate of drug-likeness (QED) is 0.733. The van der Waals surface area contributed by atoms with Gasteiger partial charge in [-0.1, -0.05) is 11.6 Å². The van der Waals surface area contributed by atoms with Gasteiger partial charge in [-0.2, -0.15) is 8.78 Å². The molecule has 0 fully saturated rings. The van der Waals surface area contributed by atoms with Gasteiger partial charge in [0, 0.05) is 7.11 Å². The van der Waals surface area contributed by atoms with E-state index in [4.69, 9.17) is 11.6 Å². The molecule has 1 aromatic heterocycles. The van der Waals surface area contributed by atoms with E-state index in [1.807, 2.05) is 0 Å². The molecule has 0 N–H and O–H groups in total. The molecule has 2 nitrogen and oxygen atoms in total. The van der Waals surface area contributed by atoms with Gasteiger partial charge >= 0.3 is 5.92 Å². The molecule has 1 aromatic rings. The molecule has 14 heavy (non-hydrogen) atoms. The third-order valence-corrected chi connectivity index (χ3v) is 1.83. The molecule has 1 heterocycles. The maximum absolute atomic E-state index is 13.3. The van der Waals surface area contributed by atoms with Crippen LogP contribution in [-0.2, 0) is 10.7 Å². The summed E-state index contributed by atoms with van der Waals surface area (Å²) in [4.78, 5) is 3.56. The van der Waals surface area contributed by atoms with Crippen molar-refractivity contribution in [2.75, 3.05) is 13.7 Å². The number of hydrogen-bond acceptors (Lipinski definition) is 2. The van der Waals surface area contributed by atoms with Crippen LogP contribution in [0.25, 0.3) is 0 Å². The Morgan fingerprint density at radius 2 is 2.14 bits per heavy atom. The highest BCUT2D eigenvalue weighted by Crippen LogP contribution is 2.28. The molecule has 0 saturated heterocycles. The summed E-state index contributed by atoms with van der Waals surface area (Å²) in [5.74, 6) is -3.09. The van der Waals surface area contributed by atoms with E-state index in [0.717, 1.165) is 0 Å². The number of hydrogen-bond donors (Lipinski definition) is 0. The van der Waals surface area contributed by atoms with E-state index in [0.29, 0.717) is 5.56 Å². The van der Waals surface area contributed by atoms with Crippen molar-refractivity contribution in [3.63, 3.8) is 0 Å². The SMILES string of the molecule is COCC(F)(F)c1cc(C)cc(Cl)n1. The summed E-state index contributed by atoms with van der Waals surface area (Å²) in [5.41, 5.74) is 0.292. The van der Waals surface area contributed by atoms with Crippen LogP contribution in [0.5, 0.6) is 0 Å². The van der Waals surface area contributed by atoms with Gasteiger partial charge in [-0.3, -0.25) is 0 Å². The topological polar surface area (TPSA) is 22.1 Å². The number of alkyl halides is 2. The Morgan fingerprint density at radius 1 is 1.50 bits per heavy atom. The number of aromatic nitrogens is 1. The first kappa shape index (κ1) is 11.3. The number of ether oxygens (including phenoxy) is 1. The van der Waals surface area contributed by atoms with E-state index >= 15 is 0 Å². The molecule has 0 bridgehead atoms. The van der Waals surface area contributed by atoms with Crippen LogP contribution in [0.15, 0.2) is 12.1 Å². The van der Waals surface area contributed by atoms with Gasteiger partial charge < -0.3 is 4.74 Å². The summed E-state index contributed by atoms with van der Waals surface area (Å²) in [6.45, 7) is 0.986. The molecule has 0 aliphatic heterocycles. The molecule has 1 rings (SSSR count). The lowest BCUT2D eigenvalue weighted by atomic mass is 10.2. The Hall–Kier alpha value is -0.740.